The monoisotopic (exact) mass is 511 g/mol. The predicted molar refractivity (Wildman–Crippen MR) is 132 cm³/mol. The third-order valence-electron chi connectivity index (χ3n) is 7.24. The number of carboxylic acid groups (broad SMARTS) is 1. The summed E-state index contributed by atoms with van der Waals surface area (Å²) in [6, 6.07) is 12.3. The Hall–Kier alpha value is -2.87. The molecule has 3 aliphatic rings. The summed E-state index contributed by atoms with van der Waals surface area (Å²) in [6.45, 7) is 0.302. The molecule has 1 aromatic heterocycles. The Morgan fingerprint density at radius 3 is 2.46 bits per heavy atom. The third kappa shape index (κ3) is 4.11. The van der Waals surface area contributed by atoms with Crippen LogP contribution >= 0.6 is 23.2 Å². The lowest BCUT2D eigenvalue weighted by Crippen LogP contribution is -2.43. The summed E-state index contributed by atoms with van der Waals surface area (Å²) in [6.07, 6.45) is 3.65. The fourth-order valence-electron chi connectivity index (χ4n) is 5.34. The molecular weight excluding hydrogens is 489 g/mol. The van der Waals surface area contributed by atoms with Gasteiger partial charge in [0, 0.05) is 17.3 Å². The van der Waals surface area contributed by atoms with Gasteiger partial charge in [-0.3, -0.25) is 9.89 Å². The first-order chi connectivity index (χ1) is 16.9. The molecule has 2 N–H and O–H groups in total. The van der Waals surface area contributed by atoms with Gasteiger partial charge in [0.15, 0.2) is 0 Å². The molecule has 2 heterocycles. The number of ether oxygens (including phenoxy) is 1. The standard InChI is InChI=1S/C26H23Cl2N3O4/c27-20-7-15(13-1-2-13)8-21(28)24(20)22-9-16(29-30-22)12-35-23-11-18-10-19(23)25(32)31(18)17-5-3-14(4-6-17)26(33)34/h3-9,13,18-19,23H,1-2,10-12H2,(H,29,30)(H,33,34)/t18-,19+,23+/m0/s1. The van der Waals surface area contributed by atoms with Gasteiger partial charge in [-0.1, -0.05) is 23.2 Å². The summed E-state index contributed by atoms with van der Waals surface area (Å²) in [5, 5.41) is 17.7. The topological polar surface area (TPSA) is 95.5 Å². The van der Waals surface area contributed by atoms with Crippen LogP contribution in [0.1, 0.15) is 53.2 Å². The van der Waals surface area contributed by atoms with Crippen molar-refractivity contribution in [3.8, 4) is 11.3 Å². The van der Waals surface area contributed by atoms with Gasteiger partial charge < -0.3 is 14.7 Å². The van der Waals surface area contributed by atoms with Crippen molar-refractivity contribution in [3.05, 3.63) is 69.3 Å². The molecule has 1 saturated heterocycles. The van der Waals surface area contributed by atoms with E-state index in [9.17, 15) is 9.59 Å². The van der Waals surface area contributed by atoms with Crippen LogP contribution in [0.15, 0.2) is 42.5 Å². The van der Waals surface area contributed by atoms with Crippen molar-refractivity contribution in [2.45, 2.75) is 50.4 Å². The lowest BCUT2D eigenvalue weighted by molar-refractivity contribution is -0.126. The number of carbonyl (C=O) groups excluding carboxylic acids is 1. The fourth-order valence-corrected chi connectivity index (χ4v) is 6.04. The minimum atomic E-state index is -0.985. The summed E-state index contributed by atoms with van der Waals surface area (Å²) >= 11 is 13.1. The van der Waals surface area contributed by atoms with E-state index >= 15 is 0 Å². The van der Waals surface area contributed by atoms with Gasteiger partial charge in [-0.25, -0.2) is 4.79 Å². The van der Waals surface area contributed by atoms with Crippen molar-refractivity contribution in [3.63, 3.8) is 0 Å². The average molecular weight is 512 g/mol. The molecule has 3 atom stereocenters. The summed E-state index contributed by atoms with van der Waals surface area (Å²) < 4.78 is 6.13. The second kappa shape index (κ2) is 8.66. The van der Waals surface area contributed by atoms with Crippen LogP contribution in [-0.2, 0) is 16.1 Å². The molecule has 3 aromatic rings. The van der Waals surface area contributed by atoms with Crippen molar-refractivity contribution >= 4 is 40.8 Å². The Labute approximate surface area is 212 Å². The first kappa shape index (κ1) is 22.6. The van der Waals surface area contributed by atoms with Gasteiger partial charge in [0.05, 0.1) is 45.6 Å². The molecule has 0 unspecified atom stereocenters. The van der Waals surface area contributed by atoms with Gasteiger partial charge in [-0.15, -0.1) is 0 Å². The summed E-state index contributed by atoms with van der Waals surface area (Å²) in [5.74, 6) is -0.609. The quantitative estimate of drug-likeness (QED) is 0.426. The molecular formula is C26H23Cl2N3O4. The average Bonchev–Trinajstić information content (AvgIpc) is 3.32. The predicted octanol–water partition coefficient (Wildman–Crippen LogP) is 5.67. The van der Waals surface area contributed by atoms with Crippen LogP contribution in [0.5, 0.6) is 0 Å². The minimum Gasteiger partial charge on any atom is -0.478 e. The van der Waals surface area contributed by atoms with Crippen LogP contribution in [0.3, 0.4) is 0 Å². The number of hydrogen-bond acceptors (Lipinski definition) is 4. The molecule has 0 radical (unpaired) electrons. The molecule has 35 heavy (non-hydrogen) atoms. The zero-order valence-corrected chi connectivity index (χ0v) is 20.2. The van der Waals surface area contributed by atoms with Crippen molar-refractivity contribution in [2.24, 2.45) is 5.92 Å². The number of fused-ring (bicyclic) bond motifs is 2. The Balaban J connectivity index is 1.10. The van der Waals surface area contributed by atoms with Gasteiger partial charge in [-0.05, 0) is 79.6 Å². The first-order valence-corrected chi connectivity index (χ1v) is 12.5. The van der Waals surface area contributed by atoms with Crippen LogP contribution in [-0.4, -0.2) is 39.3 Å². The van der Waals surface area contributed by atoms with E-state index in [1.165, 1.54) is 30.5 Å². The van der Waals surface area contributed by atoms with E-state index in [0.29, 0.717) is 33.8 Å². The van der Waals surface area contributed by atoms with Gasteiger partial charge in [0.25, 0.3) is 0 Å². The maximum Gasteiger partial charge on any atom is 0.335 e. The zero-order valence-electron chi connectivity index (χ0n) is 18.7. The molecule has 180 valence electrons. The molecule has 2 aromatic carbocycles. The Morgan fingerprint density at radius 1 is 1.11 bits per heavy atom. The molecule has 1 aliphatic heterocycles. The number of benzene rings is 2. The number of aromatic nitrogens is 2. The number of halogens is 2. The highest BCUT2D eigenvalue weighted by Gasteiger charge is 2.51. The van der Waals surface area contributed by atoms with E-state index in [1.807, 2.05) is 18.2 Å². The number of nitrogens with zero attached hydrogens (tertiary/aromatic N) is 2. The minimum absolute atomic E-state index is 0.0222. The van der Waals surface area contributed by atoms with Gasteiger partial charge in [0.2, 0.25) is 5.91 Å². The zero-order chi connectivity index (χ0) is 24.3. The Kier molecular flexibility index (Phi) is 5.59. The molecule has 2 aliphatic carbocycles. The van der Waals surface area contributed by atoms with Crippen LogP contribution in [0.2, 0.25) is 10.0 Å². The normalized spacial score (nSPS) is 23.3. The number of anilines is 1. The molecule has 6 rings (SSSR count). The van der Waals surface area contributed by atoms with Crippen molar-refractivity contribution in [1.29, 1.82) is 0 Å². The number of carbonyl (C=O) groups is 2. The number of nitrogens with one attached hydrogen (secondary N) is 1. The number of aromatic amines is 1. The van der Waals surface area contributed by atoms with Crippen LogP contribution in [0.4, 0.5) is 5.69 Å². The van der Waals surface area contributed by atoms with E-state index in [2.05, 4.69) is 10.2 Å². The van der Waals surface area contributed by atoms with Crippen molar-refractivity contribution in [2.75, 3.05) is 4.90 Å². The number of hydrogen-bond donors (Lipinski definition) is 2. The number of rotatable bonds is 7. The van der Waals surface area contributed by atoms with E-state index in [0.717, 1.165) is 24.2 Å². The number of aromatic carboxylic acids is 1. The lowest BCUT2D eigenvalue weighted by atomic mass is 10.0. The third-order valence-corrected chi connectivity index (χ3v) is 7.84. The van der Waals surface area contributed by atoms with E-state index in [1.54, 1.807) is 17.0 Å². The maximum absolute atomic E-state index is 13.0. The van der Waals surface area contributed by atoms with Gasteiger partial charge in [-0.2, -0.15) is 5.10 Å². The molecule has 3 fully saturated rings. The van der Waals surface area contributed by atoms with E-state index in [4.69, 9.17) is 33.0 Å². The number of carboxylic acids is 1. The summed E-state index contributed by atoms with van der Waals surface area (Å²) in [5.41, 5.74) is 4.27. The summed E-state index contributed by atoms with van der Waals surface area (Å²) in [7, 11) is 0. The number of amides is 1. The Bertz CT molecular complexity index is 1300. The van der Waals surface area contributed by atoms with Crippen LogP contribution < -0.4 is 4.90 Å². The molecule has 9 heteroatoms. The fraction of sp³-hybridized carbons (Fsp3) is 0.346. The summed E-state index contributed by atoms with van der Waals surface area (Å²) in [4.78, 5) is 25.9. The molecule has 2 bridgehead atoms. The first-order valence-electron chi connectivity index (χ1n) is 11.7. The highest BCUT2D eigenvalue weighted by molar-refractivity contribution is 6.39. The van der Waals surface area contributed by atoms with Gasteiger partial charge >= 0.3 is 5.97 Å². The largest absolute Gasteiger partial charge is 0.478 e. The van der Waals surface area contributed by atoms with E-state index in [-0.39, 0.29) is 29.5 Å². The highest BCUT2D eigenvalue weighted by atomic mass is 35.5. The maximum atomic E-state index is 13.0. The molecule has 7 nitrogen and oxygen atoms in total. The van der Waals surface area contributed by atoms with Crippen molar-refractivity contribution in [1.82, 2.24) is 10.2 Å². The smallest absolute Gasteiger partial charge is 0.335 e. The number of piperidine rings is 1. The molecule has 1 amide bonds. The molecule has 2 saturated carbocycles. The molecule has 0 spiro atoms. The van der Waals surface area contributed by atoms with Gasteiger partial charge in [0.1, 0.15) is 0 Å². The Morgan fingerprint density at radius 2 is 1.83 bits per heavy atom. The van der Waals surface area contributed by atoms with E-state index < -0.39 is 5.97 Å². The SMILES string of the molecule is O=C(O)c1ccc(N2C(=O)[C@@H]3C[C@H]2C[C@H]3OCc2cc(-c3c(Cl)cc(C4CC4)cc3Cl)n[nH]2)cc1. The van der Waals surface area contributed by atoms with Crippen LogP contribution in [0, 0.1) is 5.92 Å². The van der Waals surface area contributed by atoms with Crippen molar-refractivity contribution < 1.29 is 19.4 Å². The second-order valence-corrected chi connectivity index (χ2v) is 10.4. The lowest BCUT2D eigenvalue weighted by Gasteiger charge is -2.31. The second-order valence-electron chi connectivity index (χ2n) is 9.55. The highest BCUT2D eigenvalue weighted by Crippen LogP contribution is 2.45. The number of H-pyrrole nitrogens is 1. The van der Waals surface area contributed by atoms with Crippen LogP contribution in [0.25, 0.3) is 11.3 Å².